The molecule has 37 heavy (non-hydrogen) atoms. The summed E-state index contributed by atoms with van der Waals surface area (Å²) in [6, 6.07) is 14.7. The van der Waals surface area contributed by atoms with Crippen LogP contribution in [0.2, 0.25) is 0 Å². The van der Waals surface area contributed by atoms with E-state index in [1.165, 1.54) is 16.8 Å². The minimum absolute atomic E-state index is 0.0310. The normalized spacial score (nSPS) is 12.3. The van der Waals surface area contributed by atoms with E-state index in [0.29, 0.717) is 28.2 Å². The molecular weight excluding hydrogens is 478 g/mol. The highest BCUT2D eigenvalue weighted by atomic mass is 16.5. The second-order valence-corrected chi connectivity index (χ2v) is 8.23. The topological polar surface area (TPSA) is 170 Å². The van der Waals surface area contributed by atoms with Gasteiger partial charge in [-0.05, 0) is 35.4 Å². The van der Waals surface area contributed by atoms with E-state index >= 15 is 0 Å². The van der Waals surface area contributed by atoms with E-state index < -0.39 is 17.7 Å². The standard InChI is InChI=1S/C25H21N7O5/c26-23(34)16-3-1-2-14(8-16)11-28-25(36)19-10-18(30-21-6-7-29-32(19)21)24(35)27-12-15-4-5-20-17(9-15)31-22(33)13-37-20/h1-10H,11-13H2,(H2,26,34)(H,27,35)(H,28,36)(H,31,33). The lowest BCUT2D eigenvalue weighted by Gasteiger charge is -2.18. The van der Waals surface area contributed by atoms with E-state index in [-0.39, 0.29) is 37.0 Å². The third-order valence-electron chi connectivity index (χ3n) is 5.62. The number of aromatic nitrogens is 3. The van der Waals surface area contributed by atoms with E-state index in [4.69, 9.17) is 10.5 Å². The first kappa shape index (κ1) is 23.5. The average molecular weight is 499 g/mol. The molecule has 0 aliphatic carbocycles. The van der Waals surface area contributed by atoms with Gasteiger partial charge in [0.15, 0.2) is 12.3 Å². The molecule has 1 aliphatic heterocycles. The monoisotopic (exact) mass is 499 g/mol. The van der Waals surface area contributed by atoms with Gasteiger partial charge in [0.05, 0.1) is 11.9 Å². The number of carbonyl (C=O) groups is 4. The number of hydrogen-bond acceptors (Lipinski definition) is 7. The van der Waals surface area contributed by atoms with Gasteiger partial charge < -0.3 is 26.4 Å². The highest BCUT2D eigenvalue weighted by Gasteiger charge is 2.19. The van der Waals surface area contributed by atoms with Crippen LogP contribution in [0.1, 0.15) is 42.5 Å². The maximum Gasteiger partial charge on any atom is 0.270 e. The summed E-state index contributed by atoms with van der Waals surface area (Å²) >= 11 is 0. The van der Waals surface area contributed by atoms with E-state index in [1.807, 2.05) is 0 Å². The zero-order valence-electron chi connectivity index (χ0n) is 19.4. The zero-order valence-corrected chi connectivity index (χ0v) is 19.4. The Balaban J connectivity index is 1.30. The third-order valence-corrected chi connectivity index (χ3v) is 5.62. The van der Waals surface area contributed by atoms with E-state index in [9.17, 15) is 19.2 Å². The number of nitrogens with one attached hydrogen (secondary N) is 3. The number of nitrogens with zero attached hydrogens (tertiary/aromatic N) is 3. The van der Waals surface area contributed by atoms with Crippen LogP contribution in [0.3, 0.4) is 0 Å². The molecular formula is C25H21N7O5. The molecule has 0 saturated carbocycles. The highest BCUT2D eigenvalue weighted by molar-refractivity contribution is 5.98. The first-order chi connectivity index (χ1) is 17.9. The Hall–Kier alpha value is -5.26. The van der Waals surface area contributed by atoms with Crippen LogP contribution in [0.15, 0.2) is 60.8 Å². The number of benzene rings is 2. The fraction of sp³-hybridized carbons (Fsp3) is 0.120. The average Bonchev–Trinajstić information content (AvgIpc) is 3.38. The number of amides is 4. The van der Waals surface area contributed by atoms with Crippen molar-refractivity contribution >= 4 is 35.0 Å². The molecule has 1 aliphatic rings. The van der Waals surface area contributed by atoms with Gasteiger partial charge in [-0.2, -0.15) is 5.10 Å². The van der Waals surface area contributed by atoms with Crippen molar-refractivity contribution < 1.29 is 23.9 Å². The Morgan fingerprint density at radius 1 is 1.00 bits per heavy atom. The molecule has 5 N–H and O–H groups in total. The number of ether oxygens (including phenoxy) is 1. The highest BCUT2D eigenvalue weighted by Crippen LogP contribution is 2.28. The zero-order chi connectivity index (χ0) is 25.9. The number of nitrogens with two attached hydrogens (primary N) is 1. The van der Waals surface area contributed by atoms with Crippen molar-refractivity contribution in [3.05, 3.63) is 88.9 Å². The van der Waals surface area contributed by atoms with Crippen LogP contribution in [-0.2, 0) is 17.9 Å². The molecule has 12 nitrogen and oxygen atoms in total. The molecule has 186 valence electrons. The number of carbonyl (C=O) groups excluding carboxylic acids is 4. The quantitative estimate of drug-likeness (QED) is 0.294. The SMILES string of the molecule is NC(=O)c1cccc(CNC(=O)c2cc(C(=O)NCc3ccc4c(c3)NC(=O)CO4)nc3ccnn23)c1. The lowest BCUT2D eigenvalue weighted by Crippen LogP contribution is -2.29. The van der Waals surface area contributed by atoms with Crippen LogP contribution in [0.25, 0.3) is 5.65 Å². The van der Waals surface area contributed by atoms with Gasteiger partial charge in [-0.3, -0.25) is 19.2 Å². The number of anilines is 1. The molecule has 2 aromatic heterocycles. The minimum Gasteiger partial charge on any atom is -0.482 e. The summed E-state index contributed by atoms with van der Waals surface area (Å²) in [6.07, 6.45) is 1.47. The number of hydrogen-bond donors (Lipinski definition) is 4. The maximum absolute atomic E-state index is 13.0. The minimum atomic E-state index is -0.565. The van der Waals surface area contributed by atoms with Crippen LogP contribution in [-0.4, -0.2) is 44.8 Å². The molecule has 4 amide bonds. The van der Waals surface area contributed by atoms with Gasteiger partial charge in [0.1, 0.15) is 17.1 Å². The summed E-state index contributed by atoms with van der Waals surface area (Å²) in [4.78, 5) is 53.2. The molecule has 0 bridgehead atoms. The van der Waals surface area contributed by atoms with Crippen molar-refractivity contribution in [2.24, 2.45) is 5.73 Å². The smallest absolute Gasteiger partial charge is 0.270 e. The first-order valence-corrected chi connectivity index (χ1v) is 11.2. The predicted octanol–water partition coefficient (Wildman–Crippen LogP) is 1.02. The summed E-state index contributed by atoms with van der Waals surface area (Å²) < 4.78 is 6.67. The fourth-order valence-corrected chi connectivity index (χ4v) is 3.81. The Bertz CT molecular complexity index is 1560. The molecule has 0 fully saturated rings. The van der Waals surface area contributed by atoms with Crippen molar-refractivity contribution in [1.29, 1.82) is 0 Å². The van der Waals surface area contributed by atoms with Gasteiger partial charge in [-0.1, -0.05) is 18.2 Å². The van der Waals surface area contributed by atoms with Crippen LogP contribution in [0.5, 0.6) is 5.75 Å². The second-order valence-electron chi connectivity index (χ2n) is 8.23. The van der Waals surface area contributed by atoms with Crippen LogP contribution < -0.4 is 26.4 Å². The maximum atomic E-state index is 13.0. The van der Waals surface area contributed by atoms with Crippen molar-refractivity contribution in [2.45, 2.75) is 13.1 Å². The van der Waals surface area contributed by atoms with E-state index in [2.05, 4.69) is 26.0 Å². The summed E-state index contributed by atoms with van der Waals surface area (Å²) in [5, 5.41) is 12.4. The molecule has 0 spiro atoms. The lowest BCUT2D eigenvalue weighted by molar-refractivity contribution is -0.118. The van der Waals surface area contributed by atoms with Crippen molar-refractivity contribution in [3.63, 3.8) is 0 Å². The predicted molar refractivity (Wildman–Crippen MR) is 131 cm³/mol. The Kier molecular flexibility index (Phi) is 6.20. The summed E-state index contributed by atoms with van der Waals surface area (Å²) in [6.45, 7) is 0.248. The Morgan fingerprint density at radius 3 is 2.59 bits per heavy atom. The fourth-order valence-electron chi connectivity index (χ4n) is 3.81. The summed E-state index contributed by atoms with van der Waals surface area (Å²) in [7, 11) is 0. The van der Waals surface area contributed by atoms with Crippen LogP contribution >= 0.6 is 0 Å². The molecule has 0 atom stereocenters. The molecule has 3 heterocycles. The molecule has 0 radical (unpaired) electrons. The molecule has 12 heteroatoms. The molecule has 2 aromatic carbocycles. The van der Waals surface area contributed by atoms with Crippen molar-refractivity contribution in [2.75, 3.05) is 11.9 Å². The van der Waals surface area contributed by atoms with Gasteiger partial charge in [-0.25, -0.2) is 9.50 Å². The number of fused-ring (bicyclic) bond motifs is 2. The molecule has 0 unspecified atom stereocenters. The summed E-state index contributed by atoms with van der Waals surface area (Å²) in [5.41, 5.74) is 8.06. The molecule has 5 rings (SSSR count). The van der Waals surface area contributed by atoms with Gasteiger partial charge in [0.2, 0.25) is 5.91 Å². The third kappa shape index (κ3) is 5.07. The number of rotatable bonds is 7. The van der Waals surface area contributed by atoms with E-state index in [1.54, 1.807) is 48.5 Å². The largest absolute Gasteiger partial charge is 0.482 e. The van der Waals surface area contributed by atoms with Gasteiger partial charge in [0, 0.05) is 30.8 Å². The van der Waals surface area contributed by atoms with Crippen molar-refractivity contribution in [3.8, 4) is 5.75 Å². The lowest BCUT2D eigenvalue weighted by atomic mass is 10.1. The van der Waals surface area contributed by atoms with Gasteiger partial charge >= 0.3 is 0 Å². The van der Waals surface area contributed by atoms with Crippen molar-refractivity contribution in [1.82, 2.24) is 25.2 Å². The Morgan fingerprint density at radius 2 is 1.78 bits per heavy atom. The molecule has 0 saturated heterocycles. The molecule has 4 aromatic rings. The number of primary amides is 1. The van der Waals surface area contributed by atoms with Crippen LogP contribution in [0.4, 0.5) is 5.69 Å². The Labute approximate surface area is 209 Å². The summed E-state index contributed by atoms with van der Waals surface area (Å²) in [5.74, 6) is -1.24. The first-order valence-electron chi connectivity index (χ1n) is 11.2. The van der Waals surface area contributed by atoms with Crippen LogP contribution in [0, 0.1) is 0 Å². The van der Waals surface area contributed by atoms with E-state index in [0.717, 1.165) is 5.56 Å². The van der Waals surface area contributed by atoms with Gasteiger partial charge in [-0.15, -0.1) is 0 Å². The second kappa shape index (κ2) is 9.77. The van der Waals surface area contributed by atoms with Gasteiger partial charge in [0.25, 0.3) is 17.7 Å².